The topological polar surface area (TPSA) is 77.2 Å². The maximum absolute atomic E-state index is 11.6. The number of rotatable bonds is 4. The number of hydrogen-bond donors (Lipinski definition) is 2. The lowest BCUT2D eigenvalue weighted by Gasteiger charge is -2.16. The molecular weight excluding hydrogens is 262 g/mol. The van der Waals surface area contributed by atoms with Crippen molar-refractivity contribution in [2.45, 2.75) is 13.0 Å². The van der Waals surface area contributed by atoms with Crippen molar-refractivity contribution < 1.29 is 9.53 Å². The van der Waals surface area contributed by atoms with E-state index >= 15 is 0 Å². The Hall–Kier alpha value is -2.08. The summed E-state index contributed by atoms with van der Waals surface area (Å²) < 4.78 is 4.69. The molecule has 2 aromatic rings. The van der Waals surface area contributed by atoms with Crippen LogP contribution in [0.15, 0.2) is 29.8 Å². The minimum Gasteiger partial charge on any atom is -0.465 e. The molecule has 0 bridgehead atoms. The van der Waals surface area contributed by atoms with Crippen LogP contribution in [-0.2, 0) is 4.74 Å². The fourth-order valence-electron chi connectivity index (χ4n) is 1.72. The van der Waals surface area contributed by atoms with Crippen LogP contribution in [0.25, 0.3) is 0 Å². The van der Waals surface area contributed by atoms with E-state index in [1.54, 1.807) is 29.7 Å². The van der Waals surface area contributed by atoms with Gasteiger partial charge in [0.2, 0.25) is 0 Å². The molecule has 1 aromatic carbocycles. The van der Waals surface area contributed by atoms with Gasteiger partial charge < -0.3 is 15.8 Å². The fraction of sp³-hybridized carbons (Fsp3) is 0.231. The smallest absolute Gasteiger partial charge is 0.340 e. The molecule has 0 saturated heterocycles. The fourth-order valence-corrected chi connectivity index (χ4v) is 2.37. The molecule has 0 spiro atoms. The van der Waals surface area contributed by atoms with E-state index < -0.39 is 5.97 Å². The van der Waals surface area contributed by atoms with Crippen LogP contribution in [0.5, 0.6) is 0 Å². The third-order valence-corrected chi connectivity index (χ3v) is 3.66. The maximum Gasteiger partial charge on any atom is 0.340 e. The van der Waals surface area contributed by atoms with E-state index in [2.05, 4.69) is 10.3 Å². The van der Waals surface area contributed by atoms with E-state index in [4.69, 9.17) is 10.5 Å². The number of hydrogen-bond acceptors (Lipinski definition) is 6. The molecule has 1 atom stereocenters. The largest absolute Gasteiger partial charge is 0.465 e. The Labute approximate surface area is 115 Å². The number of carbonyl (C=O) groups excluding carboxylic acids is 1. The van der Waals surface area contributed by atoms with Crippen LogP contribution in [0.4, 0.5) is 11.4 Å². The predicted octanol–water partition coefficient (Wildman–Crippen LogP) is 2.69. The third-order valence-electron chi connectivity index (χ3n) is 2.71. The SMILES string of the molecule is COC(=O)c1cccc(NC(C)c2nccs2)c1N. The molecule has 2 rings (SSSR count). The number of thiazole rings is 1. The Kier molecular flexibility index (Phi) is 4.01. The standard InChI is InChI=1S/C13H15N3O2S/c1-8(12-15-6-7-19-12)16-10-5-3-4-9(11(10)14)13(17)18-2/h3-8,16H,14H2,1-2H3. The molecule has 0 radical (unpaired) electrons. The molecule has 0 saturated carbocycles. The second kappa shape index (κ2) is 5.71. The molecule has 100 valence electrons. The molecule has 0 aliphatic carbocycles. The molecule has 0 fully saturated rings. The number of methoxy groups -OCH3 is 1. The van der Waals surface area contributed by atoms with Crippen LogP contribution < -0.4 is 11.1 Å². The summed E-state index contributed by atoms with van der Waals surface area (Å²) in [6, 6.07) is 5.25. The van der Waals surface area contributed by atoms with Crippen molar-refractivity contribution in [2.24, 2.45) is 0 Å². The lowest BCUT2D eigenvalue weighted by Crippen LogP contribution is -2.11. The van der Waals surface area contributed by atoms with Gasteiger partial charge in [-0.2, -0.15) is 0 Å². The lowest BCUT2D eigenvalue weighted by atomic mass is 10.1. The highest BCUT2D eigenvalue weighted by Crippen LogP contribution is 2.28. The number of nitrogen functional groups attached to an aromatic ring is 1. The molecular formula is C13H15N3O2S. The Morgan fingerprint density at radius 1 is 1.53 bits per heavy atom. The highest BCUT2D eigenvalue weighted by Gasteiger charge is 2.15. The summed E-state index contributed by atoms with van der Waals surface area (Å²) >= 11 is 1.57. The van der Waals surface area contributed by atoms with E-state index in [-0.39, 0.29) is 6.04 Å². The monoisotopic (exact) mass is 277 g/mol. The zero-order valence-corrected chi connectivity index (χ0v) is 11.5. The number of esters is 1. The normalized spacial score (nSPS) is 11.9. The summed E-state index contributed by atoms with van der Waals surface area (Å²) in [6.07, 6.45) is 1.76. The number of benzene rings is 1. The van der Waals surface area contributed by atoms with Gasteiger partial charge in [0.1, 0.15) is 5.01 Å². The number of aromatic nitrogens is 1. The molecule has 1 unspecified atom stereocenters. The van der Waals surface area contributed by atoms with Gasteiger partial charge in [-0.05, 0) is 19.1 Å². The van der Waals surface area contributed by atoms with E-state index in [9.17, 15) is 4.79 Å². The molecule has 0 aliphatic rings. The minimum absolute atomic E-state index is 0.0233. The van der Waals surface area contributed by atoms with E-state index in [1.807, 2.05) is 18.4 Å². The van der Waals surface area contributed by atoms with Gasteiger partial charge in [0.15, 0.2) is 0 Å². The first-order valence-corrected chi connectivity index (χ1v) is 6.64. The number of nitrogens with two attached hydrogens (primary N) is 1. The minimum atomic E-state index is -0.442. The molecule has 1 heterocycles. The van der Waals surface area contributed by atoms with E-state index in [0.29, 0.717) is 16.9 Å². The van der Waals surface area contributed by atoms with Gasteiger partial charge in [-0.25, -0.2) is 9.78 Å². The van der Waals surface area contributed by atoms with Crippen LogP contribution >= 0.6 is 11.3 Å². The first kappa shape index (κ1) is 13.4. The van der Waals surface area contributed by atoms with Gasteiger partial charge in [-0.1, -0.05) is 6.07 Å². The van der Waals surface area contributed by atoms with Gasteiger partial charge in [-0.3, -0.25) is 0 Å². The summed E-state index contributed by atoms with van der Waals surface area (Å²) in [7, 11) is 1.33. The summed E-state index contributed by atoms with van der Waals surface area (Å²) in [5, 5.41) is 6.13. The average Bonchev–Trinajstić information content (AvgIpc) is 2.94. The third kappa shape index (κ3) is 2.85. The molecule has 0 aliphatic heterocycles. The number of ether oxygens (including phenoxy) is 1. The highest BCUT2D eigenvalue weighted by atomic mass is 32.1. The van der Waals surface area contributed by atoms with Crippen molar-refractivity contribution in [1.29, 1.82) is 0 Å². The second-order valence-electron chi connectivity index (χ2n) is 3.99. The van der Waals surface area contributed by atoms with E-state index in [0.717, 1.165) is 5.01 Å². The molecule has 5 nitrogen and oxygen atoms in total. The second-order valence-corrected chi connectivity index (χ2v) is 4.92. The summed E-state index contributed by atoms with van der Waals surface area (Å²) in [4.78, 5) is 15.8. The lowest BCUT2D eigenvalue weighted by molar-refractivity contribution is 0.0602. The number of para-hydroxylation sites is 1. The van der Waals surface area contributed by atoms with Crippen LogP contribution in [0, 0.1) is 0 Å². The molecule has 19 heavy (non-hydrogen) atoms. The van der Waals surface area contributed by atoms with Crippen molar-refractivity contribution in [2.75, 3.05) is 18.2 Å². The van der Waals surface area contributed by atoms with Crippen molar-refractivity contribution in [3.8, 4) is 0 Å². The first-order valence-electron chi connectivity index (χ1n) is 5.76. The first-order chi connectivity index (χ1) is 9.13. The molecule has 1 aromatic heterocycles. The van der Waals surface area contributed by atoms with Gasteiger partial charge in [0.05, 0.1) is 30.1 Å². The molecule has 0 amide bonds. The van der Waals surface area contributed by atoms with Crippen molar-refractivity contribution in [1.82, 2.24) is 4.98 Å². The van der Waals surface area contributed by atoms with Crippen LogP contribution in [0.2, 0.25) is 0 Å². The highest BCUT2D eigenvalue weighted by molar-refractivity contribution is 7.09. The Balaban J connectivity index is 2.24. The van der Waals surface area contributed by atoms with Gasteiger partial charge >= 0.3 is 5.97 Å². The Bertz CT molecular complexity index is 569. The van der Waals surface area contributed by atoms with Crippen LogP contribution in [0.1, 0.15) is 28.3 Å². The zero-order valence-electron chi connectivity index (χ0n) is 10.7. The quantitative estimate of drug-likeness (QED) is 0.663. The Morgan fingerprint density at radius 3 is 2.95 bits per heavy atom. The maximum atomic E-state index is 11.6. The predicted molar refractivity (Wildman–Crippen MR) is 76.3 cm³/mol. The van der Waals surface area contributed by atoms with Crippen molar-refractivity contribution >= 4 is 28.7 Å². The van der Waals surface area contributed by atoms with Gasteiger partial charge in [0, 0.05) is 11.6 Å². The summed E-state index contributed by atoms with van der Waals surface area (Å²) in [6.45, 7) is 1.99. The molecule has 3 N–H and O–H groups in total. The van der Waals surface area contributed by atoms with Crippen LogP contribution in [-0.4, -0.2) is 18.1 Å². The van der Waals surface area contributed by atoms with Crippen molar-refractivity contribution in [3.63, 3.8) is 0 Å². The number of nitrogens with zero attached hydrogens (tertiary/aromatic N) is 1. The van der Waals surface area contributed by atoms with E-state index in [1.165, 1.54) is 7.11 Å². The average molecular weight is 277 g/mol. The number of nitrogens with one attached hydrogen (secondary N) is 1. The van der Waals surface area contributed by atoms with Gasteiger partial charge in [-0.15, -0.1) is 11.3 Å². The van der Waals surface area contributed by atoms with Crippen LogP contribution in [0.3, 0.4) is 0 Å². The van der Waals surface area contributed by atoms with Crippen molar-refractivity contribution in [3.05, 3.63) is 40.3 Å². The summed E-state index contributed by atoms with van der Waals surface area (Å²) in [5.74, 6) is -0.442. The Morgan fingerprint density at radius 2 is 2.32 bits per heavy atom. The molecule has 6 heteroatoms. The number of anilines is 2. The number of carbonyl (C=O) groups is 1. The van der Waals surface area contributed by atoms with Gasteiger partial charge in [0.25, 0.3) is 0 Å². The summed E-state index contributed by atoms with van der Waals surface area (Å²) in [5.41, 5.74) is 7.43. The zero-order chi connectivity index (χ0) is 13.8.